The zero-order valence-electron chi connectivity index (χ0n) is 6.40. The Morgan fingerprint density at radius 1 is 1.42 bits per heavy atom. The lowest BCUT2D eigenvalue weighted by atomic mass is 10.0. The van der Waals surface area contributed by atoms with Crippen LogP contribution in [0.4, 0.5) is 0 Å². The Morgan fingerprint density at radius 2 is 2.17 bits per heavy atom. The van der Waals surface area contributed by atoms with E-state index in [1.807, 2.05) is 24.3 Å². The van der Waals surface area contributed by atoms with Crippen molar-refractivity contribution in [2.45, 2.75) is 10.0 Å². The van der Waals surface area contributed by atoms with Crippen LogP contribution in [0.15, 0.2) is 24.3 Å². The molecule has 1 aromatic rings. The van der Waals surface area contributed by atoms with E-state index >= 15 is 0 Å². The Kier molecular flexibility index (Phi) is 2.23. The highest BCUT2D eigenvalue weighted by atomic mass is 127. The lowest BCUT2D eigenvalue weighted by molar-refractivity contribution is 0.128. The lowest BCUT2D eigenvalue weighted by Crippen LogP contribution is -2.25. The van der Waals surface area contributed by atoms with Crippen LogP contribution >= 0.6 is 22.6 Å². The van der Waals surface area contributed by atoms with Crippen LogP contribution in [-0.2, 0) is 0 Å². The van der Waals surface area contributed by atoms with Crippen LogP contribution in [0.25, 0.3) is 0 Å². The summed E-state index contributed by atoms with van der Waals surface area (Å²) >= 11 is 2.20. The summed E-state index contributed by atoms with van der Waals surface area (Å²) in [6.07, 6.45) is -0.379. The van der Waals surface area contributed by atoms with Gasteiger partial charge in [0.2, 0.25) is 0 Å². The van der Waals surface area contributed by atoms with Gasteiger partial charge in [-0.15, -0.1) is 0 Å². The Labute approximate surface area is 84.7 Å². The summed E-state index contributed by atoms with van der Waals surface area (Å²) in [4.78, 5) is 0. The second kappa shape index (κ2) is 3.22. The van der Waals surface area contributed by atoms with Gasteiger partial charge in [-0.3, -0.25) is 0 Å². The van der Waals surface area contributed by atoms with Crippen LogP contribution in [0.1, 0.15) is 11.7 Å². The molecule has 0 saturated carbocycles. The number of aliphatic hydroxyl groups excluding tert-OH is 1. The molecule has 2 nitrogen and oxygen atoms in total. The number of alkyl halides is 1. The molecule has 64 valence electrons. The molecule has 2 atom stereocenters. The summed E-state index contributed by atoms with van der Waals surface area (Å²) in [5, 5.41) is 9.74. The van der Waals surface area contributed by atoms with Gasteiger partial charge in [0.25, 0.3) is 0 Å². The number of para-hydroxylation sites is 1. The normalized spacial score (nSPS) is 27.5. The molecule has 1 aliphatic heterocycles. The molecule has 1 N–H and O–H groups in total. The van der Waals surface area contributed by atoms with Gasteiger partial charge in [-0.2, -0.15) is 0 Å². The van der Waals surface area contributed by atoms with E-state index in [1.165, 1.54) is 0 Å². The highest BCUT2D eigenvalue weighted by molar-refractivity contribution is 14.1. The summed E-state index contributed by atoms with van der Waals surface area (Å²) in [5.41, 5.74) is 0.906. The van der Waals surface area contributed by atoms with E-state index in [-0.39, 0.29) is 10.0 Å². The first-order valence-electron chi connectivity index (χ1n) is 3.83. The van der Waals surface area contributed by atoms with Crippen molar-refractivity contribution in [3.8, 4) is 5.75 Å². The lowest BCUT2D eigenvalue weighted by Gasteiger charge is -2.26. The summed E-state index contributed by atoms with van der Waals surface area (Å²) in [5.74, 6) is 0.818. The Hall–Kier alpha value is -0.290. The van der Waals surface area contributed by atoms with Gasteiger partial charge in [0.1, 0.15) is 12.4 Å². The smallest absolute Gasteiger partial charge is 0.125 e. The first-order chi connectivity index (χ1) is 5.79. The minimum atomic E-state index is -0.379. The number of hydrogen-bond donors (Lipinski definition) is 1. The molecule has 0 bridgehead atoms. The molecule has 0 aliphatic carbocycles. The van der Waals surface area contributed by atoms with E-state index < -0.39 is 0 Å². The van der Waals surface area contributed by atoms with Gasteiger partial charge in [0.15, 0.2) is 0 Å². The number of ether oxygens (including phenoxy) is 1. The molecular weight excluding hydrogens is 267 g/mol. The summed E-state index contributed by atoms with van der Waals surface area (Å²) in [6, 6.07) is 7.63. The molecule has 0 radical (unpaired) electrons. The topological polar surface area (TPSA) is 29.5 Å². The quantitative estimate of drug-likeness (QED) is 0.579. The fourth-order valence-corrected chi connectivity index (χ4v) is 1.88. The number of hydrogen-bond acceptors (Lipinski definition) is 2. The van der Waals surface area contributed by atoms with Crippen molar-refractivity contribution >= 4 is 22.6 Å². The van der Waals surface area contributed by atoms with Crippen LogP contribution in [-0.4, -0.2) is 15.6 Å². The van der Waals surface area contributed by atoms with Crippen LogP contribution in [0, 0.1) is 0 Å². The Balaban J connectivity index is 2.42. The molecule has 2 rings (SSSR count). The SMILES string of the molecule is O[C@H]1c2ccccc2OC[C@@H]1I. The number of aliphatic hydroxyl groups is 1. The molecule has 0 fully saturated rings. The fraction of sp³-hybridized carbons (Fsp3) is 0.333. The minimum absolute atomic E-state index is 0.164. The first kappa shape index (κ1) is 8.31. The van der Waals surface area contributed by atoms with Crippen molar-refractivity contribution in [3.63, 3.8) is 0 Å². The van der Waals surface area contributed by atoms with Crippen LogP contribution < -0.4 is 4.74 Å². The van der Waals surface area contributed by atoms with Crippen LogP contribution in [0.5, 0.6) is 5.75 Å². The van der Waals surface area contributed by atoms with E-state index in [0.717, 1.165) is 11.3 Å². The average molecular weight is 276 g/mol. The summed E-state index contributed by atoms with van der Waals surface area (Å²) in [7, 11) is 0. The highest BCUT2D eigenvalue weighted by Crippen LogP contribution is 2.34. The molecule has 0 amide bonds. The Morgan fingerprint density at radius 3 is 3.00 bits per heavy atom. The third-order valence-corrected chi connectivity index (χ3v) is 3.02. The number of rotatable bonds is 0. The summed E-state index contributed by atoms with van der Waals surface area (Å²) in [6.45, 7) is 0.596. The van der Waals surface area contributed by atoms with Gasteiger partial charge < -0.3 is 9.84 Å². The van der Waals surface area contributed by atoms with Gasteiger partial charge in [-0.25, -0.2) is 0 Å². The standard InChI is InChI=1S/C9H9IO2/c10-7-5-12-8-4-2-1-3-6(8)9(7)11/h1-4,7,9,11H,5H2/t7-,9-/m0/s1. The predicted molar refractivity (Wildman–Crippen MR) is 54.7 cm³/mol. The third-order valence-electron chi connectivity index (χ3n) is 1.98. The van der Waals surface area contributed by atoms with Gasteiger partial charge >= 0.3 is 0 Å². The molecule has 1 heterocycles. The molecule has 0 unspecified atom stereocenters. The van der Waals surface area contributed by atoms with E-state index in [4.69, 9.17) is 4.74 Å². The maximum absolute atomic E-state index is 9.74. The van der Waals surface area contributed by atoms with Crippen molar-refractivity contribution < 1.29 is 9.84 Å². The molecular formula is C9H9IO2. The largest absolute Gasteiger partial charge is 0.492 e. The maximum Gasteiger partial charge on any atom is 0.125 e. The van der Waals surface area contributed by atoms with Crippen molar-refractivity contribution in [1.82, 2.24) is 0 Å². The summed E-state index contributed by atoms with van der Waals surface area (Å²) < 4.78 is 5.60. The third kappa shape index (κ3) is 1.31. The number of benzene rings is 1. The zero-order valence-corrected chi connectivity index (χ0v) is 8.56. The second-order valence-electron chi connectivity index (χ2n) is 2.81. The first-order valence-corrected chi connectivity index (χ1v) is 5.07. The zero-order chi connectivity index (χ0) is 8.55. The monoisotopic (exact) mass is 276 g/mol. The molecule has 1 aromatic carbocycles. The van der Waals surface area contributed by atoms with Gasteiger partial charge in [-0.05, 0) is 6.07 Å². The fourth-order valence-electron chi connectivity index (χ4n) is 1.31. The van der Waals surface area contributed by atoms with Gasteiger partial charge in [0, 0.05) is 5.56 Å². The van der Waals surface area contributed by atoms with Crippen molar-refractivity contribution in [2.24, 2.45) is 0 Å². The van der Waals surface area contributed by atoms with Crippen molar-refractivity contribution in [1.29, 1.82) is 0 Å². The minimum Gasteiger partial charge on any atom is -0.492 e. The molecule has 1 aliphatic rings. The average Bonchev–Trinajstić information content (AvgIpc) is 2.12. The molecule has 3 heteroatoms. The molecule has 0 aromatic heterocycles. The van der Waals surface area contributed by atoms with Gasteiger partial charge in [0.05, 0.1) is 10.0 Å². The molecule has 0 saturated heterocycles. The molecule has 12 heavy (non-hydrogen) atoms. The number of fused-ring (bicyclic) bond motifs is 1. The molecule has 0 spiro atoms. The van der Waals surface area contributed by atoms with Crippen LogP contribution in [0.3, 0.4) is 0 Å². The van der Waals surface area contributed by atoms with Gasteiger partial charge in [-0.1, -0.05) is 40.8 Å². The van der Waals surface area contributed by atoms with E-state index in [9.17, 15) is 5.11 Å². The van der Waals surface area contributed by atoms with E-state index in [1.54, 1.807) is 0 Å². The predicted octanol–water partition coefficient (Wildman–Crippen LogP) is 1.92. The van der Waals surface area contributed by atoms with Crippen molar-refractivity contribution in [3.05, 3.63) is 29.8 Å². The highest BCUT2D eigenvalue weighted by Gasteiger charge is 2.26. The maximum atomic E-state index is 9.74. The second-order valence-corrected chi connectivity index (χ2v) is 4.41. The Bertz CT molecular complexity index is 288. The van der Waals surface area contributed by atoms with E-state index in [0.29, 0.717) is 6.61 Å². The van der Waals surface area contributed by atoms with E-state index in [2.05, 4.69) is 22.6 Å². The van der Waals surface area contributed by atoms with Crippen LogP contribution in [0.2, 0.25) is 0 Å². The number of halogens is 1. The van der Waals surface area contributed by atoms with Crippen molar-refractivity contribution in [2.75, 3.05) is 6.61 Å².